The first-order valence-corrected chi connectivity index (χ1v) is 7.24. The minimum absolute atomic E-state index is 0.699. The van der Waals surface area contributed by atoms with Crippen LogP contribution in [0.1, 0.15) is 0 Å². The van der Waals surface area contributed by atoms with Gasteiger partial charge in [-0.3, -0.25) is 0 Å². The maximum absolute atomic E-state index is 2.24. The molecule has 0 aliphatic rings. The Morgan fingerprint density at radius 2 is 0.923 bits per heavy atom. The summed E-state index contributed by atoms with van der Waals surface area (Å²) in [7, 11) is 0. The second-order valence-corrected chi connectivity index (χ2v) is 6.95. The zero-order valence-electron chi connectivity index (χ0n) is 7.35. The van der Waals surface area contributed by atoms with Crippen LogP contribution in [-0.4, -0.2) is 0 Å². The van der Waals surface area contributed by atoms with Crippen LogP contribution >= 0.6 is 0 Å². The van der Waals surface area contributed by atoms with Crippen LogP contribution in [0.4, 0.5) is 0 Å². The van der Waals surface area contributed by atoms with Gasteiger partial charge < -0.3 is 0 Å². The first kappa shape index (κ1) is 9.11. The van der Waals surface area contributed by atoms with Gasteiger partial charge >= 0.3 is 94.6 Å². The molecule has 13 heavy (non-hydrogen) atoms. The Balaban J connectivity index is 2.16. The standard InChI is InChI=1S/2C6H5.Y/c2*1-2-4-6-5-3-1;/h2*1-5H;. The maximum atomic E-state index is 2.24. The minimum atomic E-state index is -0.699. The van der Waals surface area contributed by atoms with Gasteiger partial charge in [-0.25, -0.2) is 0 Å². The van der Waals surface area contributed by atoms with Crippen LogP contribution in [-0.2, 0) is 29.2 Å². The molecule has 0 heterocycles. The zero-order chi connectivity index (χ0) is 8.93. The van der Waals surface area contributed by atoms with Crippen molar-refractivity contribution in [2.45, 2.75) is 0 Å². The van der Waals surface area contributed by atoms with Gasteiger partial charge in [0.05, 0.1) is 0 Å². The molecule has 0 atom stereocenters. The molecular formula is C12H10Y. The van der Waals surface area contributed by atoms with Gasteiger partial charge in [-0.2, -0.15) is 0 Å². The topological polar surface area (TPSA) is 0 Å². The van der Waals surface area contributed by atoms with E-state index < -0.39 is 29.2 Å². The van der Waals surface area contributed by atoms with E-state index in [1.807, 2.05) is 0 Å². The van der Waals surface area contributed by atoms with Crippen molar-refractivity contribution in [1.29, 1.82) is 0 Å². The molecule has 2 aromatic carbocycles. The van der Waals surface area contributed by atoms with Gasteiger partial charge in [-0.15, -0.1) is 0 Å². The van der Waals surface area contributed by atoms with Gasteiger partial charge in [0.25, 0.3) is 0 Å². The molecule has 2 aromatic rings. The van der Waals surface area contributed by atoms with Crippen molar-refractivity contribution in [2.75, 3.05) is 0 Å². The Bertz CT molecular complexity index is 316. The van der Waals surface area contributed by atoms with Crippen molar-refractivity contribution in [3.8, 4) is 0 Å². The molecule has 0 radical (unpaired) electrons. The summed E-state index contributed by atoms with van der Waals surface area (Å²) in [5.41, 5.74) is 0. The van der Waals surface area contributed by atoms with E-state index in [0.29, 0.717) is 0 Å². The number of hydrogen-bond acceptors (Lipinski definition) is 0. The van der Waals surface area contributed by atoms with Crippen molar-refractivity contribution in [3.05, 3.63) is 60.7 Å². The Labute approximate surface area is 94.0 Å². The Hall–Kier alpha value is -0.456. The summed E-state index contributed by atoms with van der Waals surface area (Å²) in [6.45, 7) is 0. The third kappa shape index (κ3) is 2.75. The Kier molecular flexibility index (Phi) is 3.29. The molecular weight excluding hydrogens is 233 g/mol. The molecule has 0 saturated heterocycles. The van der Waals surface area contributed by atoms with E-state index in [2.05, 4.69) is 60.7 Å². The SMILES string of the molecule is c1cc[c]([Y][c]2ccccc2)cc1. The second kappa shape index (κ2) is 4.69. The van der Waals surface area contributed by atoms with Crippen molar-refractivity contribution < 1.29 is 29.2 Å². The van der Waals surface area contributed by atoms with Crippen LogP contribution in [0.3, 0.4) is 0 Å². The fourth-order valence-corrected chi connectivity index (χ4v) is 4.28. The van der Waals surface area contributed by atoms with E-state index in [0.717, 1.165) is 0 Å². The van der Waals surface area contributed by atoms with Crippen molar-refractivity contribution in [3.63, 3.8) is 0 Å². The number of rotatable bonds is 2. The molecule has 0 spiro atoms. The van der Waals surface area contributed by atoms with E-state index in [1.165, 1.54) is 0 Å². The monoisotopic (exact) mass is 243 g/mol. The van der Waals surface area contributed by atoms with Crippen LogP contribution in [0.15, 0.2) is 60.7 Å². The Morgan fingerprint density at radius 1 is 0.538 bits per heavy atom. The van der Waals surface area contributed by atoms with E-state index in [9.17, 15) is 0 Å². The van der Waals surface area contributed by atoms with Gasteiger partial charge in [-0.1, -0.05) is 0 Å². The summed E-state index contributed by atoms with van der Waals surface area (Å²) in [5.74, 6) is 0. The first-order valence-electron chi connectivity index (χ1n) is 4.40. The molecule has 0 aromatic heterocycles. The third-order valence-corrected chi connectivity index (χ3v) is 5.46. The summed E-state index contributed by atoms with van der Waals surface area (Å²) in [5, 5.41) is 0. The second-order valence-electron chi connectivity index (χ2n) is 2.97. The summed E-state index contributed by atoms with van der Waals surface area (Å²) in [4.78, 5) is 0. The molecule has 0 N–H and O–H groups in total. The van der Waals surface area contributed by atoms with Crippen LogP contribution in [0, 0.1) is 0 Å². The van der Waals surface area contributed by atoms with E-state index in [-0.39, 0.29) is 0 Å². The van der Waals surface area contributed by atoms with Gasteiger partial charge in [-0.05, 0) is 0 Å². The molecule has 0 fully saturated rings. The van der Waals surface area contributed by atoms with Crippen molar-refractivity contribution in [1.82, 2.24) is 0 Å². The molecule has 0 aliphatic carbocycles. The molecule has 1 heteroatoms. The third-order valence-electron chi connectivity index (χ3n) is 1.93. The summed E-state index contributed by atoms with van der Waals surface area (Å²) in [6, 6.07) is 21.7. The van der Waals surface area contributed by atoms with Crippen LogP contribution in [0.5, 0.6) is 0 Å². The van der Waals surface area contributed by atoms with Crippen molar-refractivity contribution >= 4 is 4.75 Å². The molecule has 0 bridgehead atoms. The predicted octanol–water partition coefficient (Wildman–Crippen LogP) is 1.72. The fourth-order valence-electron chi connectivity index (χ4n) is 1.29. The Morgan fingerprint density at radius 3 is 1.31 bits per heavy atom. The van der Waals surface area contributed by atoms with Gasteiger partial charge in [0.2, 0.25) is 0 Å². The predicted molar refractivity (Wildman–Crippen MR) is 52.2 cm³/mol. The van der Waals surface area contributed by atoms with Gasteiger partial charge in [0, 0.05) is 0 Å². The molecule has 2 rings (SSSR count). The summed E-state index contributed by atoms with van der Waals surface area (Å²) < 4.78 is 3.12. The normalized spacial score (nSPS) is 9.23. The molecule has 0 aliphatic heterocycles. The van der Waals surface area contributed by atoms with Crippen LogP contribution in [0.2, 0.25) is 0 Å². The van der Waals surface area contributed by atoms with E-state index in [4.69, 9.17) is 0 Å². The van der Waals surface area contributed by atoms with Gasteiger partial charge in [0.1, 0.15) is 0 Å². The zero-order valence-corrected chi connectivity index (χ0v) is 10.2. The molecule has 0 unspecified atom stereocenters. The van der Waals surface area contributed by atoms with E-state index in [1.54, 1.807) is 4.75 Å². The summed E-state index contributed by atoms with van der Waals surface area (Å²) >= 11 is -0.699. The fraction of sp³-hybridized carbons (Fsp3) is 0. The molecule has 0 saturated carbocycles. The van der Waals surface area contributed by atoms with E-state index >= 15 is 0 Å². The molecule has 61 valence electrons. The first-order chi connectivity index (χ1) is 6.45. The number of benzene rings is 2. The van der Waals surface area contributed by atoms with Gasteiger partial charge in [0.15, 0.2) is 0 Å². The average Bonchev–Trinajstić information content (AvgIpc) is 2.21. The number of hydrogen-bond donors (Lipinski definition) is 0. The van der Waals surface area contributed by atoms with Crippen LogP contribution < -0.4 is 4.75 Å². The molecule has 0 amide bonds. The average molecular weight is 243 g/mol. The van der Waals surface area contributed by atoms with Crippen molar-refractivity contribution in [2.24, 2.45) is 0 Å². The quantitative estimate of drug-likeness (QED) is 0.753. The summed E-state index contributed by atoms with van der Waals surface area (Å²) in [6.07, 6.45) is 0. The van der Waals surface area contributed by atoms with Crippen LogP contribution in [0.25, 0.3) is 0 Å². The molecule has 0 nitrogen and oxygen atoms in total.